The summed E-state index contributed by atoms with van der Waals surface area (Å²) in [6.45, 7) is 3.41. The lowest BCUT2D eigenvalue weighted by Gasteiger charge is -2.14. The van der Waals surface area contributed by atoms with Crippen LogP contribution in [0.1, 0.15) is 47.2 Å². The van der Waals surface area contributed by atoms with Gasteiger partial charge in [-0.1, -0.05) is 18.9 Å². The van der Waals surface area contributed by atoms with Gasteiger partial charge in [-0.2, -0.15) is 0 Å². The molecule has 1 aromatic carbocycles. The zero-order valence-corrected chi connectivity index (χ0v) is 12.7. The van der Waals surface area contributed by atoms with Gasteiger partial charge in [0.2, 0.25) is 0 Å². The van der Waals surface area contributed by atoms with E-state index in [1.165, 1.54) is 6.07 Å². The third-order valence-corrected chi connectivity index (χ3v) is 6.04. The van der Waals surface area contributed by atoms with E-state index in [0.29, 0.717) is 11.1 Å². The van der Waals surface area contributed by atoms with Gasteiger partial charge in [-0.05, 0) is 49.8 Å². The van der Waals surface area contributed by atoms with Crippen LogP contribution in [0.3, 0.4) is 0 Å². The maximum absolute atomic E-state index is 12.5. The smallest absolute Gasteiger partial charge is 0.335 e. The highest BCUT2D eigenvalue weighted by Crippen LogP contribution is 2.30. The van der Waals surface area contributed by atoms with Crippen LogP contribution in [0.15, 0.2) is 17.0 Å². The van der Waals surface area contributed by atoms with Crippen LogP contribution in [-0.2, 0) is 9.84 Å². The molecule has 0 aliphatic heterocycles. The first-order valence-electron chi connectivity index (χ1n) is 6.88. The van der Waals surface area contributed by atoms with E-state index in [1.807, 2.05) is 0 Å². The van der Waals surface area contributed by atoms with Crippen LogP contribution in [0.4, 0.5) is 0 Å². The van der Waals surface area contributed by atoms with E-state index >= 15 is 0 Å². The Hall–Kier alpha value is -1.36. The summed E-state index contributed by atoms with van der Waals surface area (Å²) in [6.07, 6.45) is 4.09. The number of aryl methyl sites for hydroxylation is 2. The number of hydrogen-bond donors (Lipinski definition) is 1. The Morgan fingerprint density at radius 1 is 1.20 bits per heavy atom. The Kier molecular flexibility index (Phi) is 4.18. The molecule has 20 heavy (non-hydrogen) atoms. The van der Waals surface area contributed by atoms with Gasteiger partial charge in [0.05, 0.1) is 16.2 Å². The Morgan fingerprint density at radius 3 is 2.35 bits per heavy atom. The van der Waals surface area contributed by atoms with Crippen molar-refractivity contribution in [3.05, 3.63) is 28.8 Å². The minimum Gasteiger partial charge on any atom is -0.478 e. The molecule has 1 aliphatic rings. The summed E-state index contributed by atoms with van der Waals surface area (Å²) in [5.74, 6) is -0.732. The van der Waals surface area contributed by atoms with Gasteiger partial charge in [-0.15, -0.1) is 0 Å². The summed E-state index contributed by atoms with van der Waals surface area (Å²) in [5, 5.41) is 9.14. The van der Waals surface area contributed by atoms with E-state index in [1.54, 1.807) is 19.9 Å². The average molecular weight is 296 g/mol. The number of aromatic carboxylic acids is 1. The molecule has 1 aliphatic carbocycles. The zero-order valence-electron chi connectivity index (χ0n) is 11.8. The Labute approximate surface area is 119 Å². The van der Waals surface area contributed by atoms with Crippen molar-refractivity contribution in [3.63, 3.8) is 0 Å². The minimum absolute atomic E-state index is 0.0700. The van der Waals surface area contributed by atoms with E-state index < -0.39 is 15.8 Å². The summed E-state index contributed by atoms with van der Waals surface area (Å²) >= 11 is 0. The normalized spacial score (nSPS) is 16.5. The van der Waals surface area contributed by atoms with Crippen molar-refractivity contribution in [1.82, 2.24) is 0 Å². The van der Waals surface area contributed by atoms with Crippen molar-refractivity contribution >= 4 is 15.8 Å². The second-order valence-electron chi connectivity index (χ2n) is 5.67. The first kappa shape index (κ1) is 15.0. The maximum atomic E-state index is 12.5. The summed E-state index contributed by atoms with van der Waals surface area (Å²) < 4.78 is 25.0. The van der Waals surface area contributed by atoms with Crippen molar-refractivity contribution < 1.29 is 18.3 Å². The first-order chi connectivity index (χ1) is 9.31. The lowest BCUT2D eigenvalue weighted by molar-refractivity contribution is 0.0696. The first-order valence-corrected chi connectivity index (χ1v) is 8.54. The van der Waals surface area contributed by atoms with Crippen LogP contribution < -0.4 is 0 Å². The molecule has 0 aromatic heterocycles. The highest BCUT2D eigenvalue weighted by atomic mass is 32.2. The highest BCUT2D eigenvalue weighted by Gasteiger charge is 2.26. The fourth-order valence-electron chi connectivity index (χ4n) is 2.97. The molecule has 4 nitrogen and oxygen atoms in total. The largest absolute Gasteiger partial charge is 0.478 e. The molecule has 1 N–H and O–H groups in total. The molecule has 1 aromatic rings. The fourth-order valence-corrected chi connectivity index (χ4v) is 4.96. The second kappa shape index (κ2) is 5.56. The third-order valence-electron chi connectivity index (χ3n) is 4.02. The Balaban J connectivity index is 2.40. The van der Waals surface area contributed by atoms with Crippen LogP contribution in [0.5, 0.6) is 0 Å². The lowest BCUT2D eigenvalue weighted by atomic mass is 10.1. The van der Waals surface area contributed by atoms with Gasteiger partial charge < -0.3 is 5.11 Å². The molecular weight excluding hydrogens is 276 g/mol. The van der Waals surface area contributed by atoms with Crippen LogP contribution in [0.2, 0.25) is 0 Å². The van der Waals surface area contributed by atoms with Crippen molar-refractivity contribution in [2.45, 2.75) is 44.4 Å². The van der Waals surface area contributed by atoms with Gasteiger partial charge in [0.1, 0.15) is 0 Å². The van der Waals surface area contributed by atoms with E-state index in [0.717, 1.165) is 25.7 Å². The fraction of sp³-hybridized carbons (Fsp3) is 0.533. The number of benzene rings is 1. The standard InChI is InChI=1S/C15H20O4S/c1-10-7-11(2)14(8-13(10)15(16)17)20(18,19)9-12-5-3-4-6-12/h7-8,12H,3-6,9H2,1-2H3,(H,16,17). The van der Waals surface area contributed by atoms with Gasteiger partial charge >= 0.3 is 5.97 Å². The van der Waals surface area contributed by atoms with Crippen LogP contribution in [-0.4, -0.2) is 25.2 Å². The van der Waals surface area contributed by atoms with Gasteiger partial charge in [0.25, 0.3) is 0 Å². The summed E-state index contributed by atoms with van der Waals surface area (Å²) in [5.41, 5.74) is 1.29. The van der Waals surface area contributed by atoms with Crippen LogP contribution in [0, 0.1) is 19.8 Å². The van der Waals surface area contributed by atoms with E-state index in [9.17, 15) is 13.2 Å². The number of carboxylic acids is 1. The zero-order chi connectivity index (χ0) is 14.9. The molecule has 0 unspecified atom stereocenters. The highest BCUT2D eigenvalue weighted by molar-refractivity contribution is 7.91. The number of sulfone groups is 1. The number of rotatable bonds is 4. The monoisotopic (exact) mass is 296 g/mol. The third kappa shape index (κ3) is 3.03. The topological polar surface area (TPSA) is 71.4 Å². The molecule has 0 spiro atoms. The minimum atomic E-state index is -3.41. The van der Waals surface area contributed by atoms with E-state index in [-0.39, 0.29) is 22.1 Å². The van der Waals surface area contributed by atoms with Crippen molar-refractivity contribution in [1.29, 1.82) is 0 Å². The van der Waals surface area contributed by atoms with Crippen LogP contribution >= 0.6 is 0 Å². The second-order valence-corrected chi connectivity index (χ2v) is 7.67. The van der Waals surface area contributed by atoms with Crippen molar-refractivity contribution in [2.75, 3.05) is 5.75 Å². The van der Waals surface area contributed by atoms with Crippen molar-refractivity contribution in [2.24, 2.45) is 5.92 Å². The van der Waals surface area contributed by atoms with Gasteiger partial charge in [-0.3, -0.25) is 0 Å². The van der Waals surface area contributed by atoms with Crippen molar-refractivity contribution in [3.8, 4) is 0 Å². The SMILES string of the molecule is Cc1cc(C)c(S(=O)(=O)CC2CCCC2)cc1C(=O)O. The molecule has 2 rings (SSSR count). The molecule has 0 atom stereocenters. The molecule has 0 amide bonds. The van der Waals surface area contributed by atoms with E-state index in [2.05, 4.69) is 0 Å². The molecule has 0 heterocycles. The molecular formula is C15H20O4S. The molecule has 1 saturated carbocycles. The van der Waals surface area contributed by atoms with Crippen LogP contribution in [0.25, 0.3) is 0 Å². The molecule has 0 radical (unpaired) electrons. The summed E-state index contributed by atoms with van der Waals surface area (Å²) in [7, 11) is -3.41. The lowest BCUT2D eigenvalue weighted by Crippen LogP contribution is -2.16. The Bertz CT molecular complexity index is 626. The molecule has 110 valence electrons. The molecule has 0 saturated heterocycles. The van der Waals surface area contributed by atoms with Gasteiger partial charge in [0, 0.05) is 0 Å². The predicted octanol–water partition coefficient (Wildman–Crippen LogP) is 2.97. The van der Waals surface area contributed by atoms with E-state index in [4.69, 9.17) is 5.11 Å². The number of carbonyl (C=O) groups is 1. The summed E-state index contributed by atoms with van der Waals surface area (Å²) in [4.78, 5) is 11.3. The van der Waals surface area contributed by atoms with Gasteiger partial charge in [-0.25, -0.2) is 13.2 Å². The number of carboxylic acid groups (broad SMARTS) is 1. The molecule has 0 bridgehead atoms. The molecule has 1 fully saturated rings. The quantitative estimate of drug-likeness (QED) is 0.927. The number of hydrogen-bond acceptors (Lipinski definition) is 3. The molecule has 5 heteroatoms. The Morgan fingerprint density at radius 2 is 1.80 bits per heavy atom. The van der Waals surface area contributed by atoms with Gasteiger partial charge in [0.15, 0.2) is 9.84 Å². The summed E-state index contributed by atoms with van der Waals surface area (Å²) in [6, 6.07) is 2.96. The maximum Gasteiger partial charge on any atom is 0.335 e. The predicted molar refractivity (Wildman–Crippen MR) is 76.9 cm³/mol. The average Bonchev–Trinajstić information content (AvgIpc) is 2.79.